The zero-order valence-corrected chi connectivity index (χ0v) is 12.8. The highest BCUT2D eigenvalue weighted by molar-refractivity contribution is 6.30. The smallest absolute Gasteiger partial charge is 0.303 e. The fourth-order valence-corrected chi connectivity index (χ4v) is 2.43. The third kappa shape index (κ3) is 4.37. The molecule has 2 N–H and O–H groups in total. The van der Waals surface area contributed by atoms with Crippen LogP contribution in [-0.2, 0) is 15.0 Å². The minimum atomic E-state index is -1.28. The lowest BCUT2D eigenvalue weighted by atomic mass is 9.74. The molecule has 118 valence electrons. The number of carboxylic acid groups (broad SMARTS) is 2. The van der Waals surface area contributed by atoms with Gasteiger partial charge in [0.25, 0.3) is 0 Å². The molecule has 1 aromatic carbocycles. The molecule has 1 rings (SSSR count). The second kappa shape index (κ2) is 7.66. The van der Waals surface area contributed by atoms with Crippen LogP contribution in [0.1, 0.15) is 31.2 Å². The van der Waals surface area contributed by atoms with Crippen LogP contribution in [0.4, 0.5) is 0 Å². The third-order valence-corrected chi connectivity index (χ3v) is 3.66. The van der Waals surface area contributed by atoms with Crippen molar-refractivity contribution in [3.05, 3.63) is 28.8 Å². The lowest BCUT2D eigenvalue weighted by molar-refractivity contribution is -0.137. The number of methoxy groups -OCH3 is 1. The highest BCUT2D eigenvalue weighted by Gasteiger charge is 2.36. The Labute approximate surface area is 132 Å². The van der Waals surface area contributed by atoms with E-state index in [-0.39, 0.29) is 25.7 Å². The quantitative estimate of drug-likeness (QED) is 0.761. The largest absolute Gasteiger partial charge is 0.496 e. The van der Waals surface area contributed by atoms with E-state index in [4.69, 9.17) is 26.6 Å². The number of aliphatic carboxylic acids is 2. The van der Waals surface area contributed by atoms with Crippen LogP contribution in [0.2, 0.25) is 5.02 Å². The lowest BCUT2D eigenvalue weighted by Gasteiger charge is -2.28. The van der Waals surface area contributed by atoms with E-state index in [9.17, 15) is 14.9 Å². The van der Waals surface area contributed by atoms with Gasteiger partial charge in [0, 0.05) is 23.4 Å². The molecular weight excluding hydrogens is 310 g/mol. The standard InChI is InChI=1S/C15H16ClNO5/c1-22-12-3-2-10(16)8-11(12)15(9-17,6-4-13(18)19)7-5-14(20)21/h2-3,8H,4-7H2,1H3,(H,18,19)(H,20,21). The molecule has 0 atom stereocenters. The number of ether oxygens (including phenoxy) is 1. The molecule has 7 heteroatoms. The molecule has 0 saturated heterocycles. The number of hydrogen-bond acceptors (Lipinski definition) is 4. The van der Waals surface area contributed by atoms with E-state index in [1.165, 1.54) is 13.2 Å². The van der Waals surface area contributed by atoms with Crippen LogP contribution in [0.5, 0.6) is 5.75 Å². The molecule has 0 bridgehead atoms. The number of halogens is 1. The summed E-state index contributed by atoms with van der Waals surface area (Å²) in [7, 11) is 1.42. The van der Waals surface area contributed by atoms with Crippen LogP contribution in [0, 0.1) is 11.3 Å². The Kier molecular flexibility index (Phi) is 6.20. The van der Waals surface area contributed by atoms with Crippen LogP contribution in [0.25, 0.3) is 0 Å². The summed E-state index contributed by atoms with van der Waals surface area (Å²) in [4.78, 5) is 21.7. The number of hydrogen-bond donors (Lipinski definition) is 2. The molecule has 0 fully saturated rings. The van der Waals surface area contributed by atoms with Crippen molar-refractivity contribution in [1.29, 1.82) is 5.26 Å². The summed E-state index contributed by atoms with van der Waals surface area (Å²) in [5.74, 6) is -1.74. The van der Waals surface area contributed by atoms with Gasteiger partial charge in [0.2, 0.25) is 0 Å². The summed E-state index contributed by atoms with van der Waals surface area (Å²) >= 11 is 5.96. The number of nitriles is 1. The Morgan fingerprint density at radius 3 is 2.23 bits per heavy atom. The Morgan fingerprint density at radius 1 is 1.27 bits per heavy atom. The predicted octanol–water partition coefficient (Wildman–Crippen LogP) is 2.84. The highest BCUT2D eigenvalue weighted by Crippen LogP contribution is 2.40. The monoisotopic (exact) mass is 325 g/mol. The van der Waals surface area contributed by atoms with Crippen LogP contribution >= 0.6 is 11.6 Å². The molecular formula is C15H16ClNO5. The van der Waals surface area contributed by atoms with Gasteiger partial charge >= 0.3 is 11.9 Å². The zero-order valence-electron chi connectivity index (χ0n) is 12.0. The van der Waals surface area contributed by atoms with Gasteiger partial charge in [-0.15, -0.1) is 0 Å². The van der Waals surface area contributed by atoms with Crippen molar-refractivity contribution in [2.75, 3.05) is 7.11 Å². The van der Waals surface area contributed by atoms with E-state index in [0.717, 1.165) is 0 Å². The molecule has 0 heterocycles. The fraction of sp³-hybridized carbons (Fsp3) is 0.400. The van der Waals surface area contributed by atoms with E-state index >= 15 is 0 Å². The van der Waals surface area contributed by atoms with Crippen molar-refractivity contribution in [3.8, 4) is 11.8 Å². The normalized spacial score (nSPS) is 10.8. The summed E-state index contributed by atoms with van der Waals surface area (Å²) in [6.45, 7) is 0. The second-order valence-electron chi connectivity index (χ2n) is 4.83. The highest BCUT2D eigenvalue weighted by atomic mass is 35.5. The predicted molar refractivity (Wildman–Crippen MR) is 79.0 cm³/mol. The molecule has 0 aliphatic carbocycles. The maximum Gasteiger partial charge on any atom is 0.303 e. The maximum atomic E-state index is 10.9. The van der Waals surface area contributed by atoms with Gasteiger partial charge in [0.15, 0.2) is 0 Å². The van der Waals surface area contributed by atoms with Gasteiger partial charge in [-0.3, -0.25) is 9.59 Å². The van der Waals surface area contributed by atoms with Crippen LogP contribution in [-0.4, -0.2) is 29.3 Å². The first kappa shape index (κ1) is 17.8. The van der Waals surface area contributed by atoms with Gasteiger partial charge in [-0.1, -0.05) is 11.6 Å². The van der Waals surface area contributed by atoms with Gasteiger partial charge in [-0.05, 0) is 31.0 Å². The zero-order chi connectivity index (χ0) is 16.8. The Balaban J connectivity index is 3.34. The van der Waals surface area contributed by atoms with E-state index in [1.807, 2.05) is 0 Å². The summed E-state index contributed by atoms with van der Waals surface area (Å²) < 4.78 is 5.22. The van der Waals surface area contributed by atoms with Crippen molar-refractivity contribution in [2.45, 2.75) is 31.1 Å². The summed E-state index contributed by atoms with van der Waals surface area (Å²) in [5.41, 5.74) is -0.875. The van der Waals surface area contributed by atoms with Crippen molar-refractivity contribution in [2.24, 2.45) is 0 Å². The molecule has 22 heavy (non-hydrogen) atoms. The van der Waals surface area contributed by atoms with Gasteiger partial charge in [-0.25, -0.2) is 0 Å². The van der Waals surface area contributed by atoms with Gasteiger partial charge < -0.3 is 14.9 Å². The molecule has 0 aromatic heterocycles. The first-order chi connectivity index (χ1) is 10.3. The minimum absolute atomic E-state index is 0.0250. The minimum Gasteiger partial charge on any atom is -0.496 e. The van der Waals surface area contributed by atoms with Crippen molar-refractivity contribution in [3.63, 3.8) is 0 Å². The molecule has 0 saturated carbocycles. The van der Waals surface area contributed by atoms with Gasteiger partial charge in [-0.2, -0.15) is 5.26 Å². The number of benzene rings is 1. The average Bonchev–Trinajstić information content (AvgIpc) is 2.47. The molecule has 6 nitrogen and oxygen atoms in total. The topological polar surface area (TPSA) is 108 Å². The Hall–Kier alpha value is -2.26. The van der Waals surface area contributed by atoms with Crippen LogP contribution < -0.4 is 4.74 Å². The Morgan fingerprint density at radius 2 is 1.82 bits per heavy atom. The van der Waals surface area contributed by atoms with E-state index in [0.29, 0.717) is 16.3 Å². The van der Waals surface area contributed by atoms with E-state index in [1.54, 1.807) is 12.1 Å². The number of rotatable bonds is 8. The first-order valence-electron chi connectivity index (χ1n) is 6.53. The van der Waals surface area contributed by atoms with Crippen molar-refractivity contribution >= 4 is 23.5 Å². The van der Waals surface area contributed by atoms with Gasteiger partial charge in [0.1, 0.15) is 5.75 Å². The summed E-state index contributed by atoms with van der Waals surface area (Å²) in [6, 6.07) is 6.76. The maximum absolute atomic E-state index is 10.9. The Bertz CT molecular complexity index is 590. The summed E-state index contributed by atoms with van der Waals surface area (Å²) in [5, 5.41) is 27.8. The first-order valence-corrected chi connectivity index (χ1v) is 6.91. The van der Waals surface area contributed by atoms with Gasteiger partial charge in [0.05, 0.1) is 18.6 Å². The van der Waals surface area contributed by atoms with Crippen LogP contribution in [0.3, 0.4) is 0 Å². The third-order valence-electron chi connectivity index (χ3n) is 3.42. The van der Waals surface area contributed by atoms with Crippen molar-refractivity contribution in [1.82, 2.24) is 0 Å². The molecule has 0 radical (unpaired) electrons. The molecule has 0 amide bonds. The second-order valence-corrected chi connectivity index (χ2v) is 5.26. The van der Waals surface area contributed by atoms with E-state index < -0.39 is 17.4 Å². The van der Waals surface area contributed by atoms with E-state index in [2.05, 4.69) is 6.07 Å². The molecule has 0 spiro atoms. The van der Waals surface area contributed by atoms with Crippen molar-refractivity contribution < 1.29 is 24.5 Å². The summed E-state index contributed by atoms with van der Waals surface area (Å²) in [6.07, 6.45) is -0.572. The molecule has 0 aliphatic rings. The average molecular weight is 326 g/mol. The molecule has 1 aromatic rings. The van der Waals surface area contributed by atoms with Crippen LogP contribution in [0.15, 0.2) is 18.2 Å². The molecule has 0 aliphatic heterocycles. The number of carbonyl (C=O) groups is 2. The fourth-order valence-electron chi connectivity index (χ4n) is 2.26. The SMILES string of the molecule is COc1ccc(Cl)cc1C(C#N)(CCC(=O)O)CCC(=O)O. The lowest BCUT2D eigenvalue weighted by Crippen LogP contribution is -2.27. The number of nitrogens with zero attached hydrogens (tertiary/aromatic N) is 1. The number of carboxylic acids is 2. The molecule has 0 unspecified atom stereocenters.